The van der Waals surface area contributed by atoms with Gasteiger partial charge in [-0.3, -0.25) is 10.5 Å². The number of hydrogen-bond donors (Lipinski definition) is 2. The van der Waals surface area contributed by atoms with Crippen LogP contribution in [0.1, 0.15) is 17.3 Å². The number of nitrogens with one attached hydrogen (secondary N) is 1. The molecule has 0 amide bonds. The lowest BCUT2D eigenvalue weighted by molar-refractivity contribution is 0.402. The third-order valence-corrected chi connectivity index (χ3v) is 3.06. The van der Waals surface area contributed by atoms with Crippen LogP contribution in [-0.2, 0) is 7.05 Å². The molecule has 0 saturated heterocycles. The van der Waals surface area contributed by atoms with E-state index in [1.807, 2.05) is 25.2 Å². The predicted octanol–water partition coefficient (Wildman–Crippen LogP) is 1.63. The van der Waals surface area contributed by atoms with Gasteiger partial charge in [-0.25, -0.2) is 5.43 Å². The highest BCUT2D eigenvalue weighted by atomic mass is 35.5. The molecule has 1 heterocycles. The Morgan fingerprint density at radius 1 is 1.44 bits per heavy atom. The summed E-state index contributed by atoms with van der Waals surface area (Å²) in [5.41, 5.74) is 4.56. The van der Waals surface area contributed by atoms with E-state index < -0.39 is 0 Å². The van der Waals surface area contributed by atoms with E-state index in [1.165, 1.54) is 0 Å². The fraction of sp³-hybridized carbons (Fsp3) is 0.250. The maximum Gasteiger partial charge on any atom is 0.124 e. The number of rotatable bonds is 4. The Hall–Kier alpha value is -1.56. The van der Waals surface area contributed by atoms with Crippen molar-refractivity contribution in [3.05, 3.63) is 46.7 Å². The van der Waals surface area contributed by atoms with E-state index in [9.17, 15) is 0 Å². The lowest BCUT2D eigenvalue weighted by atomic mass is 10.0. The van der Waals surface area contributed by atoms with Crippen molar-refractivity contribution >= 4 is 11.6 Å². The highest BCUT2D eigenvalue weighted by Gasteiger charge is 2.20. The number of methoxy groups -OCH3 is 1. The first-order valence-electron chi connectivity index (χ1n) is 5.45. The van der Waals surface area contributed by atoms with Crippen LogP contribution in [0.5, 0.6) is 5.75 Å². The van der Waals surface area contributed by atoms with Gasteiger partial charge >= 0.3 is 0 Å². The Labute approximate surface area is 110 Å². The molecule has 1 unspecified atom stereocenters. The molecule has 2 aromatic rings. The van der Waals surface area contributed by atoms with Gasteiger partial charge in [0.15, 0.2) is 0 Å². The van der Waals surface area contributed by atoms with Crippen LogP contribution < -0.4 is 16.0 Å². The normalized spacial score (nSPS) is 12.4. The number of nitrogens with zero attached hydrogens (tertiary/aromatic N) is 2. The fourth-order valence-corrected chi connectivity index (χ4v) is 2.11. The highest BCUT2D eigenvalue weighted by molar-refractivity contribution is 6.30. The smallest absolute Gasteiger partial charge is 0.124 e. The summed E-state index contributed by atoms with van der Waals surface area (Å²) < 4.78 is 7.09. The maximum atomic E-state index is 6.03. The van der Waals surface area contributed by atoms with Gasteiger partial charge in [0.2, 0.25) is 0 Å². The van der Waals surface area contributed by atoms with Crippen molar-refractivity contribution < 1.29 is 4.74 Å². The Morgan fingerprint density at radius 3 is 2.78 bits per heavy atom. The van der Waals surface area contributed by atoms with Crippen LogP contribution in [0, 0.1) is 0 Å². The summed E-state index contributed by atoms with van der Waals surface area (Å²) in [7, 11) is 3.47. The third-order valence-electron chi connectivity index (χ3n) is 2.82. The number of benzene rings is 1. The summed E-state index contributed by atoms with van der Waals surface area (Å²) >= 11 is 6.03. The summed E-state index contributed by atoms with van der Waals surface area (Å²) in [6, 6.07) is 7.09. The van der Waals surface area contributed by atoms with Crippen LogP contribution >= 0.6 is 11.6 Å². The highest BCUT2D eigenvalue weighted by Crippen LogP contribution is 2.31. The van der Waals surface area contributed by atoms with Gasteiger partial charge in [0.05, 0.1) is 18.8 Å². The van der Waals surface area contributed by atoms with Gasteiger partial charge in [-0.2, -0.15) is 5.10 Å². The second-order valence-electron chi connectivity index (χ2n) is 3.87. The van der Waals surface area contributed by atoms with Gasteiger partial charge in [0.1, 0.15) is 5.75 Å². The SMILES string of the molecule is COc1ccc(Cl)cc1C(NN)c1ccnn1C. The lowest BCUT2D eigenvalue weighted by Gasteiger charge is -2.19. The molecule has 0 aliphatic heterocycles. The van der Waals surface area contributed by atoms with Crippen molar-refractivity contribution in [1.82, 2.24) is 15.2 Å². The molecule has 5 nitrogen and oxygen atoms in total. The molecular weight excluding hydrogens is 252 g/mol. The standard InChI is InChI=1S/C12H15ClN4O/c1-17-10(5-6-15-17)12(16-14)9-7-8(13)3-4-11(9)18-2/h3-7,12,16H,14H2,1-2H3. The van der Waals surface area contributed by atoms with E-state index in [-0.39, 0.29) is 6.04 Å². The zero-order valence-electron chi connectivity index (χ0n) is 10.2. The van der Waals surface area contributed by atoms with Crippen molar-refractivity contribution in [2.45, 2.75) is 6.04 Å². The van der Waals surface area contributed by atoms with E-state index in [4.69, 9.17) is 22.2 Å². The van der Waals surface area contributed by atoms with E-state index in [0.29, 0.717) is 5.02 Å². The van der Waals surface area contributed by atoms with Crippen LogP contribution in [0.2, 0.25) is 5.02 Å². The van der Waals surface area contributed by atoms with E-state index >= 15 is 0 Å². The second kappa shape index (κ2) is 5.39. The molecule has 18 heavy (non-hydrogen) atoms. The molecule has 96 valence electrons. The van der Waals surface area contributed by atoms with Crippen LogP contribution in [0.3, 0.4) is 0 Å². The molecule has 2 rings (SSSR count). The first-order chi connectivity index (χ1) is 8.67. The third kappa shape index (κ3) is 2.33. The quantitative estimate of drug-likeness (QED) is 0.652. The van der Waals surface area contributed by atoms with Crippen molar-refractivity contribution in [3.63, 3.8) is 0 Å². The second-order valence-corrected chi connectivity index (χ2v) is 4.30. The van der Waals surface area contributed by atoms with Crippen LogP contribution in [0.4, 0.5) is 0 Å². The summed E-state index contributed by atoms with van der Waals surface area (Å²) in [5, 5.41) is 4.77. The molecule has 0 fully saturated rings. The monoisotopic (exact) mass is 266 g/mol. The molecule has 0 saturated carbocycles. The van der Waals surface area contributed by atoms with Gasteiger partial charge in [-0.1, -0.05) is 11.6 Å². The van der Waals surface area contributed by atoms with E-state index in [0.717, 1.165) is 17.0 Å². The molecule has 1 aromatic heterocycles. The number of ether oxygens (including phenoxy) is 1. The zero-order valence-corrected chi connectivity index (χ0v) is 11.0. The minimum atomic E-state index is -0.230. The largest absolute Gasteiger partial charge is 0.496 e. The molecule has 1 atom stereocenters. The molecule has 3 N–H and O–H groups in total. The van der Waals surface area contributed by atoms with E-state index in [2.05, 4.69) is 10.5 Å². The van der Waals surface area contributed by atoms with Crippen molar-refractivity contribution in [2.24, 2.45) is 12.9 Å². The van der Waals surface area contributed by atoms with Gasteiger partial charge in [0, 0.05) is 23.8 Å². The molecule has 0 aliphatic rings. The van der Waals surface area contributed by atoms with Crippen LogP contribution in [-0.4, -0.2) is 16.9 Å². The minimum absolute atomic E-state index is 0.230. The van der Waals surface area contributed by atoms with Gasteiger partial charge in [-0.05, 0) is 24.3 Å². The Kier molecular flexibility index (Phi) is 3.86. The van der Waals surface area contributed by atoms with Crippen molar-refractivity contribution in [3.8, 4) is 5.75 Å². The molecule has 0 spiro atoms. The van der Waals surface area contributed by atoms with Crippen LogP contribution in [0.15, 0.2) is 30.5 Å². The summed E-state index contributed by atoms with van der Waals surface area (Å²) in [6.45, 7) is 0. The van der Waals surface area contributed by atoms with E-state index in [1.54, 1.807) is 24.1 Å². The molecule has 6 heteroatoms. The predicted molar refractivity (Wildman–Crippen MR) is 70.4 cm³/mol. The first kappa shape index (κ1) is 12.9. The molecule has 0 aliphatic carbocycles. The van der Waals surface area contributed by atoms with Crippen LogP contribution in [0.25, 0.3) is 0 Å². The number of aryl methyl sites for hydroxylation is 1. The Bertz CT molecular complexity index is 541. The molecule has 0 radical (unpaired) electrons. The number of hydrogen-bond acceptors (Lipinski definition) is 4. The maximum absolute atomic E-state index is 6.03. The minimum Gasteiger partial charge on any atom is -0.496 e. The van der Waals surface area contributed by atoms with Crippen molar-refractivity contribution in [2.75, 3.05) is 7.11 Å². The Morgan fingerprint density at radius 2 is 2.22 bits per heavy atom. The first-order valence-corrected chi connectivity index (χ1v) is 5.82. The van der Waals surface area contributed by atoms with Gasteiger partial charge in [0.25, 0.3) is 0 Å². The topological polar surface area (TPSA) is 65.1 Å². The number of hydrazine groups is 1. The summed E-state index contributed by atoms with van der Waals surface area (Å²) in [4.78, 5) is 0. The number of halogens is 1. The molecular formula is C12H15ClN4O. The number of nitrogens with two attached hydrogens (primary N) is 1. The lowest BCUT2D eigenvalue weighted by Crippen LogP contribution is -2.30. The van der Waals surface area contributed by atoms with Gasteiger partial charge in [-0.15, -0.1) is 0 Å². The molecule has 0 bridgehead atoms. The average molecular weight is 267 g/mol. The zero-order chi connectivity index (χ0) is 13.1. The Balaban J connectivity index is 2.51. The summed E-state index contributed by atoms with van der Waals surface area (Å²) in [5.74, 6) is 6.37. The van der Waals surface area contributed by atoms with Crippen molar-refractivity contribution in [1.29, 1.82) is 0 Å². The molecule has 1 aromatic carbocycles. The average Bonchev–Trinajstić information content (AvgIpc) is 2.77. The number of aromatic nitrogens is 2. The summed E-state index contributed by atoms with van der Waals surface area (Å²) in [6.07, 6.45) is 1.72. The fourth-order valence-electron chi connectivity index (χ4n) is 1.93. The van der Waals surface area contributed by atoms with Gasteiger partial charge < -0.3 is 4.74 Å².